The maximum atomic E-state index is 13.2. The van der Waals surface area contributed by atoms with Crippen LogP contribution in [-0.2, 0) is 0 Å². The lowest BCUT2D eigenvalue weighted by atomic mass is 9.99. The molecule has 3 aromatic rings. The molecule has 0 fully saturated rings. The lowest BCUT2D eigenvalue weighted by Crippen LogP contribution is -2.04. The average Bonchev–Trinajstić information content (AvgIpc) is 2.55. The van der Waals surface area contributed by atoms with E-state index >= 15 is 0 Å². The molecule has 0 unspecified atom stereocenters. The molecule has 3 rings (SSSR count). The summed E-state index contributed by atoms with van der Waals surface area (Å²) < 4.78 is 13.2. The molecule has 0 aromatic heterocycles. The number of anilines is 2. The van der Waals surface area contributed by atoms with Gasteiger partial charge in [-0.3, -0.25) is 4.79 Å². The summed E-state index contributed by atoms with van der Waals surface area (Å²) in [4.78, 5) is 12.6. The maximum Gasteiger partial charge on any atom is 0.194 e. The summed E-state index contributed by atoms with van der Waals surface area (Å²) in [5, 5.41) is 3.42. The molecule has 1 N–H and O–H groups in total. The first kappa shape index (κ1) is 16.2. The second-order valence-corrected chi connectivity index (χ2v) is 5.88. The molecule has 0 bridgehead atoms. The first-order valence-corrected chi connectivity index (χ1v) is 7.85. The summed E-state index contributed by atoms with van der Waals surface area (Å²) in [6.07, 6.45) is 0. The van der Waals surface area contributed by atoms with Crippen molar-refractivity contribution in [3.63, 3.8) is 0 Å². The van der Waals surface area contributed by atoms with Crippen LogP contribution in [0.5, 0.6) is 0 Å². The van der Waals surface area contributed by atoms with E-state index in [4.69, 9.17) is 11.6 Å². The number of carbonyl (C=O) groups is 1. The molecule has 120 valence electrons. The number of nitrogens with one attached hydrogen (secondary N) is 1. The van der Waals surface area contributed by atoms with Crippen LogP contribution in [0.15, 0.2) is 66.7 Å². The number of rotatable bonds is 4. The van der Waals surface area contributed by atoms with E-state index in [2.05, 4.69) is 5.32 Å². The number of hydrogen-bond donors (Lipinski definition) is 1. The third kappa shape index (κ3) is 3.47. The standard InChI is InChI=1S/C20H15ClFNO/c1-13-5-2-3-8-17(13)20(24)18-10-9-16(12-19(18)21)23-15-7-4-6-14(22)11-15/h2-12,23H,1H3. The van der Waals surface area contributed by atoms with Crippen molar-refractivity contribution < 1.29 is 9.18 Å². The van der Waals surface area contributed by atoms with Gasteiger partial charge >= 0.3 is 0 Å². The van der Waals surface area contributed by atoms with E-state index in [-0.39, 0.29) is 11.6 Å². The minimum atomic E-state index is -0.322. The largest absolute Gasteiger partial charge is 0.355 e. The van der Waals surface area contributed by atoms with Crippen molar-refractivity contribution >= 4 is 28.8 Å². The molecule has 0 saturated carbocycles. The molecule has 4 heteroatoms. The maximum absolute atomic E-state index is 13.2. The van der Waals surface area contributed by atoms with Gasteiger partial charge in [-0.15, -0.1) is 0 Å². The van der Waals surface area contributed by atoms with Crippen molar-refractivity contribution in [2.75, 3.05) is 5.32 Å². The minimum absolute atomic E-state index is 0.115. The molecule has 0 radical (unpaired) electrons. The molecule has 0 atom stereocenters. The Balaban J connectivity index is 1.87. The fourth-order valence-corrected chi connectivity index (χ4v) is 2.75. The molecule has 0 amide bonds. The van der Waals surface area contributed by atoms with E-state index in [9.17, 15) is 9.18 Å². The average molecular weight is 340 g/mol. The monoisotopic (exact) mass is 339 g/mol. The summed E-state index contributed by atoms with van der Waals surface area (Å²) in [5.41, 5.74) is 3.28. The predicted octanol–water partition coefficient (Wildman–Crippen LogP) is 5.76. The quantitative estimate of drug-likeness (QED) is 0.612. The van der Waals surface area contributed by atoms with Gasteiger partial charge in [0.2, 0.25) is 0 Å². The fraction of sp³-hybridized carbons (Fsp3) is 0.0500. The van der Waals surface area contributed by atoms with Crippen molar-refractivity contribution in [3.05, 3.63) is 94.3 Å². The van der Waals surface area contributed by atoms with Gasteiger partial charge in [-0.25, -0.2) is 4.39 Å². The number of carbonyl (C=O) groups excluding carboxylic acids is 1. The van der Waals surface area contributed by atoms with E-state index in [0.29, 0.717) is 27.5 Å². The first-order valence-electron chi connectivity index (χ1n) is 7.47. The van der Waals surface area contributed by atoms with Gasteiger partial charge in [0.25, 0.3) is 0 Å². The van der Waals surface area contributed by atoms with Crippen molar-refractivity contribution in [3.8, 4) is 0 Å². The Bertz CT molecular complexity index is 908. The van der Waals surface area contributed by atoms with Crippen molar-refractivity contribution in [2.45, 2.75) is 6.92 Å². The van der Waals surface area contributed by atoms with Crippen LogP contribution in [0.1, 0.15) is 21.5 Å². The highest BCUT2D eigenvalue weighted by atomic mass is 35.5. The first-order chi connectivity index (χ1) is 11.5. The van der Waals surface area contributed by atoms with Gasteiger partial charge in [0.15, 0.2) is 5.78 Å². The van der Waals surface area contributed by atoms with E-state index in [1.165, 1.54) is 12.1 Å². The third-order valence-corrected chi connectivity index (χ3v) is 4.03. The Morgan fingerprint density at radius 1 is 0.917 bits per heavy atom. The molecule has 3 aromatic carbocycles. The lowest BCUT2D eigenvalue weighted by molar-refractivity contribution is 0.103. The predicted molar refractivity (Wildman–Crippen MR) is 95.7 cm³/mol. The summed E-state index contributed by atoms with van der Waals surface area (Å²) in [6, 6.07) is 18.6. The molecular weight excluding hydrogens is 325 g/mol. The molecule has 0 saturated heterocycles. The highest BCUT2D eigenvalue weighted by molar-refractivity contribution is 6.35. The molecule has 24 heavy (non-hydrogen) atoms. The van der Waals surface area contributed by atoms with Crippen LogP contribution in [0.25, 0.3) is 0 Å². The Morgan fingerprint density at radius 2 is 1.67 bits per heavy atom. The van der Waals surface area contributed by atoms with Gasteiger partial charge in [-0.05, 0) is 48.9 Å². The van der Waals surface area contributed by atoms with Gasteiger partial charge in [-0.1, -0.05) is 41.9 Å². The number of ketones is 1. The number of benzene rings is 3. The van der Waals surface area contributed by atoms with Crippen molar-refractivity contribution in [1.82, 2.24) is 0 Å². The van der Waals surface area contributed by atoms with Gasteiger partial charge in [0.1, 0.15) is 5.82 Å². The Kier molecular flexibility index (Phi) is 4.63. The van der Waals surface area contributed by atoms with Crippen LogP contribution in [-0.4, -0.2) is 5.78 Å². The lowest BCUT2D eigenvalue weighted by Gasteiger charge is -2.10. The molecule has 0 heterocycles. The zero-order valence-corrected chi connectivity index (χ0v) is 13.8. The third-order valence-electron chi connectivity index (χ3n) is 3.72. The van der Waals surface area contributed by atoms with Crippen LogP contribution >= 0.6 is 11.6 Å². The smallest absolute Gasteiger partial charge is 0.194 e. The SMILES string of the molecule is Cc1ccccc1C(=O)c1ccc(Nc2cccc(F)c2)cc1Cl. The van der Waals surface area contributed by atoms with E-state index in [1.807, 2.05) is 25.1 Å². The molecule has 0 aliphatic carbocycles. The van der Waals surface area contributed by atoms with E-state index < -0.39 is 0 Å². The summed E-state index contributed by atoms with van der Waals surface area (Å²) in [7, 11) is 0. The molecule has 0 spiro atoms. The second-order valence-electron chi connectivity index (χ2n) is 5.47. The van der Waals surface area contributed by atoms with Crippen LogP contribution in [0.3, 0.4) is 0 Å². The Morgan fingerprint density at radius 3 is 2.38 bits per heavy atom. The highest BCUT2D eigenvalue weighted by Crippen LogP contribution is 2.26. The Hall–Kier alpha value is -2.65. The van der Waals surface area contributed by atoms with Crippen molar-refractivity contribution in [1.29, 1.82) is 0 Å². The van der Waals surface area contributed by atoms with Crippen LogP contribution in [0, 0.1) is 12.7 Å². The number of aryl methyl sites for hydroxylation is 1. The second kappa shape index (κ2) is 6.85. The zero-order valence-electron chi connectivity index (χ0n) is 13.0. The van der Waals surface area contributed by atoms with E-state index in [1.54, 1.807) is 36.4 Å². The minimum Gasteiger partial charge on any atom is -0.355 e. The van der Waals surface area contributed by atoms with Crippen LogP contribution in [0.4, 0.5) is 15.8 Å². The summed E-state index contributed by atoms with van der Waals surface area (Å²) in [6.45, 7) is 1.89. The highest BCUT2D eigenvalue weighted by Gasteiger charge is 2.15. The fourth-order valence-electron chi connectivity index (χ4n) is 2.48. The number of hydrogen-bond acceptors (Lipinski definition) is 2. The van der Waals surface area contributed by atoms with E-state index in [0.717, 1.165) is 5.56 Å². The Labute approximate surface area is 144 Å². The molecular formula is C20H15ClFNO. The zero-order chi connectivity index (χ0) is 17.1. The van der Waals surface area contributed by atoms with Crippen molar-refractivity contribution in [2.24, 2.45) is 0 Å². The van der Waals surface area contributed by atoms with Crippen LogP contribution in [0.2, 0.25) is 5.02 Å². The molecule has 0 aliphatic rings. The number of halogens is 2. The summed E-state index contributed by atoms with van der Waals surface area (Å²) in [5.74, 6) is -0.437. The summed E-state index contributed by atoms with van der Waals surface area (Å²) >= 11 is 6.29. The van der Waals surface area contributed by atoms with Gasteiger partial charge in [0, 0.05) is 22.5 Å². The normalized spacial score (nSPS) is 10.5. The van der Waals surface area contributed by atoms with Crippen LogP contribution < -0.4 is 5.32 Å². The van der Waals surface area contributed by atoms with Gasteiger partial charge in [-0.2, -0.15) is 0 Å². The topological polar surface area (TPSA) is 29.1 Å². The van der Waals surface area contributed by atoms with Gasteiger partial charge in [0.05, 0.1) is 5.02 Å². The molecule has 0 aliphatic heterocycles. The molecule has 2 nitrogen and oxygen atoms in total. The van der Waals surface area contributed by atoms with Gasteiger partial charge < -0.3 is 5.32 Å².